The molecule has 1 saturated heterocycles. The van der Waals surface area contributed by atoms with Gasteiger partial charge in [-0.15, -0.1) is 0 Å². The average Bonchev–Trinajstić information content (AvgIpc) is 2.91. The Balaban J connectivity index is 1.65. The minimum absolute atomic E-state index is 0.116. The summed E-state index contributed by atoms with van der Waals surface area (Å²) in [7, 11) is 0. The van der Waals surface area contributed by atoms with Crippen LogP contribution in [0.2, 0.25) is 0 Å². The highest BCUT2D eigenvalue weighted by molar-refractivity contribution is 5.62. The first kappa shape index (κ1) is 28.4. The minimum Gasteiger partial charge on any atom is -0.508 e. The lowest BCUT2D eigenvalue weighted by Gasteiger charge is -2.41. The number of aliphatic hydroxyl groups is 5. The number of benzene rings is 3. The Morgan fingerprint density at radius 2 is 1.32 bits per heavy atom. The van der Waals surface area contributed by atoms with Crippen molar-refractivity contribution >= 4 is 0 Å². The van der Waals surface area contributed by atoms with Gasteiger partial charge in [0, 0.05) is 35.4 Å². The van der Waals surface area contributed by atoms with Crippen molar-refractivity contribution in [2.24, 2.45) is 0 Å². The summed E-state index contributed by atoms with van der Waals surface area (Å²) in [5.74, 6) is -5.08. The SMILES string of the molecule is OC[C@H]1O[C@@H](Oc2cc(O)cc(O)c2[C@H]2c3c(O)cc(O)cc3O[C@H](c3ccc(O)c(O)c3)[C@@H]2O)[C@H](O)[C@@H](O)[C@@H]1O. The van der Waals surface area contributed by atoms with E-state index in [4.69, 9.17) is 14.2 Å². The lowest BCUT2D eigenvalue weighted by atomic mass is 9.78. The molecule has 11 N–H and O–H groups in total. The summed E-state index contributed by atoms with van der Waals surface area (Å²) in [6.45, 7) is -0.756. The molecule has 14 heteroatoms. The van der Waals surface area contributed by atoms with Crippen LogP contribution in [0.15, 0.2) is 42.5 Å². The predicted molar refractivity (Wildman–Crippen MR) is 135 cm³/mol. The Morgan fingerprint density at radius 1 is 0.659 bits per heavy atom. The molecule has 220 valence electrons. The monoisotopic (exact) mass is 576 g/mol. The molecule has 3 aromatic rings. The second kappa shape index (κ2) is 10.7. The Bertz CT molecular complexity index is 1440. The number of aromatic hydroxyl groups is 6. The average molecular weight is 577 g/mol. The minimum atomic E-state index is -1.87. The Hall–Kier alpha value is -4.18. The van der Waals surface area contributed by atoms with E-state index in [0.29, 0.717) is 0 Å². The van der Waals surface area contributed by atoms with E-state index in [1.165, 1.54) is 6.07 Å². The molecule has 0 unspecified atom stereocenters. The van der Waals surface area contributed by atoms with Gasteiger partial charge in [-0.25, -0.2) is 0 Å². The fourth-order valence-corrected chi connectivity index (χ4v) is 5.16. The van der Waals surface area contributed by atoms with Gasteiger partial charge in [-0.3, -0.25) is 0 Å². The van der Waals surface area contributed by atoms with Crippen molar-refractivity contribution in [3.8, 4) is 46.0 Å². The smallest absolute Gasteiger partial charge is 0.229 e. The molecule has 8 atom stereocenters. The molecule has 0 amide bonds. The van der Waals surface area contributed by atoms with E-state index in [9.17, 15) is 56.2 Å². The van der Waals surface area contributed by atoms with Crippen LogP contribution in [0.4, 0.5) is 0 Å². The van der Waals surface area contributed by atoms with E-state index in [-0.39, 0.29) is 22.4 Å². The zero-order chi connectivity index (χ0) is 29.7. The van der Waals surface area contributed by atoms with Gasteiger partial charge in [0.15, 0.2) is 17.6 Å². The molecule has 5 rings (SSSR count). The fraction of sp³-hybridized carbons (Fsp3) is 0.333. The standard InChI is InChI=1S/C27H28O14/c28-8-18-22(35)24(37)25(38)27(41-18)40-17-7-11(30)5-15(34)20(17)21-19-14(33)4-10(29)6-16(19)39-26(23(21)36)9-1-2-12(31)13(32)3-9/h1-7,18,21-38H,8H2/t18-,21-,22-,23-,24+,25-,26-,27-/m1/s1. The molecule has 0 saturated carbocycles. The molecule has 0 aliphatic carbocycles. The molecule has 14 nitrogen and oxygen atoms in total. The Labute approximate surface area is 231 Å². The van der Waals surface area contributed by atoms with Crippen LogP contribution in [0, 0.1) is 0 Å². The van der Waals surface area contributed by atoms with E-state index in [2.05, 4.69) is 0 Å². The fourth-order valence-electron chi connectivity index (χ4n) is 5.16. The third kappa shape index (κ3) is 4.97. The van der Waals surface area contributed by atoms with Crippen LogP contribution in [0.3, 0.4) is 0 Å². The zero-order valence-electron chi connectivity index (χ0n) is 21.0. The van der Waals surface area contributed by atoms with Crippen molar-refractivity contribution in [3.05, 3.63) is 59.2 Å². The van der Waals surface area contributed by atoms with Gasteiger partial charge in [-0.2, -0.15) is 0 Å². The molecule has 1 fully saturated rings. The van der Waals surface area contributed by atoms with E-state index in [1.54, 1.807) is 0 Å². The molecular formula is C27H28O14. The number of ether oxygens (including phenoxy) is 3. The molecule has 2 aliphatic rings. The van der Waals surface area contributed by atoms with Crippen LogP contribution < -0.4 is 9.47 Å². The van der Waals surface area contributed by atoms with Crippen LogP contribution in [0.1, 0.15) is 28.7 Å². The van der Waals surface area contributed by atoms with Gasteiger partial charge in [0.25, 0.3) is 0 Å². The summed E-state index contributed by atoms with van der Waals surface area (Å²) in [5.41, 5.74) is -0.221. The van der Waals surface area contributed by atoms with Gasteiger partial charge in [0.2, 0.25) is 6.29 Å². The molecule has 0 aromatic heterocycles. The summed E-state index contributed by atoms with van der Waals surface area (Å²) in [6.07, 6.45) is -11.5. The summed E-state index contributed by atoms with van der Waals surface area (Å²) >= 11 is 0. The first-order chi connectivity index (χ1) is 19.4. The number of hydrogen-bond acceptors (Lipinski definition) is 14. The molecular weight excluding hydrogens is 548 g/mol. The van der Waals surface area contributed by atoms with E-state index in [0.717, 1.165) is 36.4 Å². The molecule has 0 bridgehead atoms. The molecule has 2 aliphatic heterocycles. The number of fused-ring (bicyclic) bond motifs is 1. The van der Waals surface area contributed by atoms with Crippen molar-refractivity contribution in [2.45, 2.75) is 48.8 Å². The highest BCUT2D eigenvalue weighted by Crippen LogP contribution is 2.55. The highest BCUT2D eigenvalue weighted by Gasteiger charge is 2.47. The van der Waals surface area contributed by atoms with Gasteiger partial charge >= 0.3 is 0 Å². The third-order valence-corrected chi connectivity index (χ3v) is 7.16. The van der Waals surface area contributed by atoms with Crippen LogP contribution in [-0.4, -0.2) is 99.6 Å². The van der Waals surface area contributed by atoms with E-state index >= 15 is 0 Å². The summed E-state index contributed by atoms with van der Waals surface area (Å²) in [4.78, 5) is 0. The molecule has 2 heterocycles. The maximum atomic E-state index is 11.6. The van der Waals surface area contributed by atoms with Crippen LogP contribution in [0.5, 0.6) is 46.0 Å². The first-order valence-electron chi connectivity index (χ1n) is 12.4. The third-order valence-electron chi connectivity index (χ3n) is 7.16. The highest BCUT2D eigenvalue weighted by atomic mass is 16.7. The van der Waals surface area contributed by atoms with Crippen molar-refractivity contribution in [3.63, 3.8) is 0 Å². The largest absolute Gasteiger partial charge is 0.508 e. The lowest BCUT2D eigenvalue weighted by Crippen LogP contribution is -2.60. The second-order valence-electron chi connectivity index (χ2n) is 9.82. The molecule has 3 aromatic carbocycles. The summed E-state index contributed by atoms with van der Waals surface area (Å²) < 4.78 is 17.0. The van der Waals surface area contributed by atoms with Crippen molar-refractivity contribution in [1.82, 2.24) is 0 Å². The number of aliphatic hydroxyl groups excluding tert-OH is 5. The lowest BCUT2D eigenvalue weighted by molar-refractivity contribution is -0.277. The summed E-state index contributed by atoms with van der Waals surface area (Å²) in [6, 6.07) is 7.62. The zero-order valence-corrected chi connectivity index (χ0v) is 21.0. The Morgan fingerprint density at radius 3 is 1.98 bits per heavy atom. The van der Waals surface area contributed by atoms with E-state index < -0.39 is 95.7 Å². The normalized spacial score (nSPS) is 29.4. The van der Waals surface area contributed by atoms with Crippen molar-refractivity contribution in [1.29, 1.82) is 0 Å². The topological polar surface area (TPSA) is 250 Å². The Kier molecular flexibility index (Phi) is 7.37. The maximum absolute atomic E-state index is 11.6. The van der Waals surface area contributed by atoms with Crippen LogP contribution >= 0.6 is 0 Å². The number of rotatable bonds is 5. The van der Waals surface area contributed by atoms with Gasteiger partial charge in [0.1, 0.15) is 65.0 Å². The van der Waals surface area contributed by atoms with Crippen LogP contribution in [-0.2, 0) is 4.74 Å². The van der Waals surface area contributed by atoms with Crippen molar-refractivity contribution < 1.29 is 70.4 Å². The molecule has 0 spiro atoms. The number of hydrogen-bond donors (Lipinski definition) is 11. The molecule has 41 heavy (non-hydrogen) atoms. The second-order valence-corrected chi connectivity index (χ2v) is 9.82. The molecule has 0 radical (unpaired) electrons. The number of phenolic OH excluding ortho intramolecular Hbond substituents is 6. The summed E-state index contributed by atoms with van der Waals surface area (Å²) in [5, 5.41) is 114. The van der Waals surface area contributed by atoms with Gasteiger partial charge < -0.3 is 70.4 Å². The van der Waals surface area contributed by atoms with Gasteiger partial charge in [-0.1, -0.05) is 6.07 Å². The number of phenols is 6. The van der Waals surface area contributed by atoms with E-state index in [1.807, 2.05) is 0 Å². The van der Waals surface area contributed by atoms with Crippen molar-refractivity contribution in [2.75, 3.05) is 6.61 Å². The predicted octanol–water partition coefficient (Wildman–Crippen LogP) is -0.275. The van der Waals surface area contributed by atoms with Gasteiger partial charge in [-0.05, 0) is 17.7 Å². The van der Waals surface area contributed by atoms with Crippen LogP contribution in [0.25, 0.3) is 0 Å². The first-order valence-corrected chi connectivity index (χ1v) is 12.4. The maximum Gasteiger partial charge on any atom is 0.229 e. The van der Waals surface area contributed by atoms with Gasteiger partial charge in [0.05, 0.1) is 12.5 Å². The quantitative estimate of drug-likeness (QED) is 0.175.